The summed E-state index contributed by atoms with van der Waals surface area (Å²) in [4.78, 5) is 12.8. The van der Waals surface area contributed by atoms with E-state index in [1.54, 1.807) is 12.1 Å². The molecule has 106 valence electrons. The lowest BCUT2D eigenvalue weighted by Crippen LogP contribution is -2.34. The fraction of sp³-hybridized carbons (Fsp3) is 0.500. The summed E-state index contributed by atoms with van der Waals surface area (Å²) in [7, 11) is 0. The third kappa shape index (κ3) is 3.79. The Morgan fingerprint density at radius 2 is 2.26 bits per heavy atom. The molecule has 0 aliphatic carbocycles. The van der Waals surface area contributed by atoms with Crippen LogP contribution in [0.5, 0.6) is 0 Å². The van der Waals surface area contributed by atoms with E-state index in [2.05, 4.69) is 4.90 Å². The highest BCUT2D eigenvalue weighted by molar-refractivity contribution is 6.30. The van der Waals surface area contributed by atoms with E-state index in [4.69, 9.17) is 17.3 Å². The third-order valence-corrected chi connectivity index (χ3v) is 3.62. The number of benzene rings is 1. The van der Waals surface area contributed by atoms with Crippen molar-refractivity contribution in [2.45, 2.75) is 25.4 Å². The van der Waals surface area contributed by atoms with Gasteiger partial charge < -0.3 is 5.73 Å². The molecule has 0 aromatic heterocycles. The molecule has 7 heteroatoms. The van der Waals surface area contributed by atoms with Gasteiger partial charge in [0.25, 0.3) is 5.69 Å². The fourth-order valence-electron chi connectivity index (χ4n) is 2.43. The number of likely N-dealkylation sites (tertiary alicyclic amines) is 1. The van der Waals surface area contributed by atoms with Gasteiger partial charge in [-0.05, 0) is 31.5 Å². The molecule has 1 aromatic carbocycles. The number of hydrogen-bond donors (Lipinski definition) is 1. The van der Waals surface area contributed by atoms with Crippen LogP contribution in [0.1, 0.15) is 18.4 Å². The summed E-state index contributed by atoms with van der Waals surface area (Å²) in [6, 6.07) is 5.16. The van der Waals surface area contributed by atoms with Crippen molar-refractivity contribution in [2.75, 3.05) is 13.1 Å². The summed E-state index contributed by atoms with van der Waals surface area (Å²) in [5, 5.41) is 11.4. The van der Waals surface area contributed by atoms with Crippen LogP contribution >= 0.6 is 24.0 Å². The minimum absolute atomic E-state index is 0. The molecule has 0 radical (unpaired) electrons. The van der Waals surface area contributed by atoms with Gasteiger partial charge in [0.2, 0.25) is 0 Å². The van der Waals surface area contributed by atoms with Crippen molar-refractivity contribution in [3.63, 3.8) is 0 Å². The van der Waals surface area contributed by atoms with E-state index in [-0.39, 0.29) is 23.0 Å². The normalized spacial score (nSPS) is 19.2. The first kappa shape index (κ1) is 16.2. The van der Waals surface area contributed by atoms with Crippen LogP contribution < -0.4 is 5.73 Å². The Kier molecular flexibility index (Phi) is 6.00. The lowest BCUT2D eigenvalue weighted by Gasteiger charge is -2.22. The van der Waals surface area contributed by atoms with Gasteiger partial charge in [-0.25, -0.2) is 0 Å². The van der Waals surface area contributed by atoms with E-state index in [1.807, 2.05) is 0 Å². The van der Waals surface area contributed by atoms with Gasteiger partial charge in [-0.3, -0.25) is 15.0 Å². The maximum absolute atomic E-state index is 11.0. The predicted molar refractivity (Wildman–Crippen MR) is 77.8 cm³/mol. The molecule has 1 fully saturated rings. The molecule has 1 aliphatic heterocycles. The molecule has 1 heterocycles. The summed E-state index contributed by atoms with van der Waals surface area (Å²) < 4.78 is 0. The Bertz CT molecular complexity index is 457. The van der Waals surface area contributed by atoms with E-state index in [0.717, 1.165) is 19.4 Å². The Hall–Kier alpha value is -0.880. The van der Waals surface area contributed by atoms with E-state index >= 15 is 0 Å². The quantitative estimate of drug-likeness (QED) is 0.685. The van der Waals surface area contributed by atoms with Gasteiger partial charge >= 0.3 is 0 Å². The molecule has 1 unspecified atom stereocenters. The number of nitro benzene ring substituents is 1. The van der Waals surface area contributed by atoms with Gasteiger partial charge in [0.15, 0.2) is 0 Å². The molecule has 0 amide bonds. The number of rotatable bonds is 4. The Morgan fingerprint density at radius 3 is 2.89 bits per heavy atom. The van der Waals surface area contributed by atoms with Crippen LogP contribution in [0.15, 0.2) is 18.2 Å². The number of nitro groups is 1. The van der Waals surface area contributed by atoms with Gasteiger partial charge in [-0.2, -0.15) is 0 Å². The van der Waals surface area contributed by atoms with Crippen molar-refractivity contribution in [1.29, 1.82) is 0 Å². The van der Waals surface area contributed by atoms with Gasteiger partial charge in [-0.15, -0.1) is 12.4 Å². The molecule has 1 aromatic rings. The smallest absolute Gasteiger partial charge is 0.275 e. The molecule has 0 bridgehead atoms. The number of nitrogens with zero attached hydrogens (tertiary/aromatic N) is 2. The molecule has 0 saturated carbocycles. The average molecular weight is 306 g/mol. The van der Waals surface area contributed by atoms with Crippen LogP contribution in [0.2, 0.25) is 5.02 Å². The third-order valence-electron chi connectivity index (χ3n) is 3.39. The van der Waals surface area contributed by atoms with Gasteiger partial charge in [0.1, 0.15) is 0 Å². The zero-order valence-corrected chi connectivity index (χ0v) is 12.0. The van der Waals surface area contributed by atoms with Crippen LogP contribution in [0, 0.1) is 10.1 Å². The first-order valence-corrected chi connectivity index (χ1v) is 6.36. The Balaban J connectivity index is 0.00000180. The highest BCUT2D eigenvalue weighted by Crippen LogP contribution is 2.27. The van der Waals surface area contributed by atoms with Crippen LogP contribution in [0.3, 0.4) is 0 Å². The van der Waals surface area contributed by atoms with Crippen LogP contribution in [0.4, 0.5) is 5.69 Å². The number of hydrogen-bond acceptors (Lipinski definition) is 4. The number of halogens is 2. The van der Waals surface area contributed by atoms with E-state index in [0.29, 0.717) is 29.7 Å². The lowest BCUT2D eigenvalue weighted by molar-refractivity contribution is -0.385. The zero-order chi connectivity index (χ0) is 13.1. The first-order chi connectivity index (χ1) is 8.61. The van der Waals surface area contributed by atoms with Crippen molar-refractivity contribution < 1.29 is 4.92 Å². The second-order valence-electron chi connectivity index (χ2n) is 4.53. The minimum atomic E-state index is -0.380. The summed E-state index contributed by atoms with van der Waals surface area (Å²) in [6.07, 6.45) is 2.17. The monoisotopic (exact) mass is 305 g/mol. The standard InChI is InChI=1S/C12H16ClN3O2.ClH/c13-10-4-3-9(12(6-10)16(17)18)8-15-5-1-2-11(15)7-14;/h3-4,6,11H,1-2,5,7-8,14H2;1H. The van der Waals surface area contributed by atoms with Crippen molar-refractivity contribution in [2.24, 2.45) is 5.73 Å². The molecule has 1 aliphatic rings. The van der Waals surface area contributed by atoms with Gasteiger partial charge in [0.05, 0.1) is 4.92 Å². The van der Waals surface area contributed by atoms with E-state index in [9.17, 15) is 10.1 Å². The molecule has 0 spiro atoms. The van der Waals surface area contributed by atoms with Crippen LogP contribution in [-0.2, 0) is 6.54 Å². The van der Waals surface area contributed by atoms with E-state index in [1.165, 1.54) is 6.07 Å². The minimum Gasteiger partial charge on any atom is -0.329 e. The molecule has 2 N–H and O–H groups in total. The van der Waals surface area contributed by atoms with Gasteiger partial charge in [0, 0.05) is 35.8 Å². The van der Waals surface area contributed by atoms with Crippen molar-refractivity contribution >= 4 is 29.7 Å². The molecular weight excluding hydrogens is 289 g/mol. The number of nitrogens with two attached hydrogens (primary N) is 1. The van der Waals surface area contributed by atoms with Crippen molar-refractivity contribution in [3.05, 3.63) is 38.9 Å². The topological polar surface area (TPSA) is 72.4 Å². The van der Waals surface area contributed by atoms with Gasteiger partial charge in [-0.1, -0.05) is 11.6 Å². The van der Waals surface area contributed by atoms with Crippen molar-refractivity contribution in [3.8, 4) is 0 Å². The zero-order valence-electron chi connectivity index (χ0n) is 10.4. The van der Waals surface area contributed by atoms with Crippen LogP contribution in [0.25, 0.3) is 0 Å². The highest BCUT2D eigenvalue weighted by Gasteiger charge is 2.25. The maximum Gasteiger partial charge on any atom is 0.275 e. The molecular formula is C12H17Cl2N3O2. The lowest BCUT2D eigenvalue weighted by atomic mass is 10.1. The summed E-state index contributed by atoms with van der Waals surface area (Å²) in [6.45, 7) is 2.11. The molecule has 2 rings (SSSR count). The van der Waals surface area contributed by atoms with E-state index < -0.39 is 0 Å². The largest absolute Gasteiger partial charge is 0.329 e. The second-order valence-corrected chi connectivity index (χ2v) is 4.97. The molecule has 1 atom stereocenters. The molecule has 5 nitrogen and oxygen atoms in total. The maximum atomic E-state index is 11.0. The average Bonchev–Trinajstić information content (AvgIpc) is 2.78. The van der Waals surface area contributed by atoms with Crippen molar-refractivity contribution in [1.82, 2.24) is 4.90 Å². The summed E-state index contributed by atoms with van der Waals surface area (Å²) in [5.74, 6) is 0. The Labute approximate surface area is 123 Å². The Morgan fingerprint density at radius 1 is 1.53 bits per heavy atom. The fourth-order valence-corrected chi connectivity index (χ4v) is 2.60. The second kappa shape index (κ2) is 7.05. The SMILES string of the molecule is Cl.NCC1CCCN1Cc1ccc(Cl)cc1[N+](=O)[O-]. The molecule has 19 heavy (non-hydrogen) atoms. The summed E-state index contributed by atoms with van der Waals surface area (Å²) in [5.41, 5.74) is 6.49. The molecule has 1 saturated heterocycles. The van der Waals surface area contributed by atoms with Crippen LogP contribution in [-0.4, -0.2) is 29.0 Å². The first-order valence-electron chi connectivity index (χ1n) is 5.98. The highest BCUT2D eigenvalue weighted by atomic mass is 35.5. The summed E-state index contributed by atoms with van der Waals surface area (Å²) >= 11 is 5.80. The predicted octanol–water partition coefficient (Wildman–Crippen LogP) is 2.59.